The number of hydrogen-bond donors (Lipinski definition) is 2. The normalized spacial score (nSPS) is 14.4. The Bertz CT molecular complexity index is 645. The van der Waals surface area contributed by atoms with E-state index in [4.69, 9.17) is 18.9 Å². The second-order valence-electron chi connectivity index (χ2n) is 5.60. The van der Waals surface area contributed by atoms with Crippen LogP contribution in [-0.4, -0.2) is 33.2 Å². The highest BCUT2D eigenvalue weighted by molar-refractivity contribution is 5.47. The number of benzene rings is 2. The third-order valence-corrected chi connectivity index (χ3v) is 3.86. The van der Waals surface area contributed by atoms with Gasteiger partial charge in [0.05, 0.1) is 26.9 Å². The van der Waals surface area contributed by atoms with Crippen LogP contribution >= 0.6 is 0 Å². The molecule has 6 nitrogen and oxygen atoms in total. The van der Waals surface area contributed by atoms with E-state index in [0.29, 0.717) is 38.5 Å². The standard InChI is InChI=1S/C19H24N2O4/c1-22-17-9-5-6-15(14-20-21-16-7-3-2-4-8-16)19(17)25-11-10-18-23-12-13-24-18/h2-9,18,20-21H,10-14H2,1H3. The van der Waals surface area contributed by atoms with E-state index in [0.717, 1.165) is 17.0 Å². The quantitative estimate of drug-likeness (QED) is 0.682. The predicted molar refractivity (Wildman–Crippen MR) is 95.7 cm³/mol. The van der Waals surface area contributed by atoms with Crippen LogP contribution in [0.4, 0.5) is 5.69 Å². The van der Waals surface area contributed by atoms with Crippen LogP contribution in [0.3, 0.4) is 0 Å². The number of rotatable bonds is 9. The highest BCUT2D eigenvalue weighted by atomic mass is 16.7. The van der Waals surface area contributed by atoms with Crippen molar-refractivity contribution in [2.24, 2.45) is 0 Å². The predicted octanol–water partition coefficient (Wildman–Crippen LogP) is 2.95. The monoisotopic (exact) mass is 344 g/mol. The molecule has 1 heterocycles. The summed E-state index contributed by atoms with van der Waals surface area (Å²) in [4.78, 5) is 0. The minimum atomic E-state index is -0.170. The van der Waals surface area contributed by atoms with Gasteiger partial charge in [0, 0.05) is 24.2 Å². The van der Waals surface area contributed by atoms with Crippen molar-refractivity contribution in [2.45, 2.75) is 19.3 Å². The zero-order valence-electron chi connectivity index (χ0n) is 14.4. The van der Waals surface area contributed by atoms with Crippen molar-refractivity contribution >= 4 is 5.69 Å². The van der Waals surface area contributed by atoms with Crippen molar-refractivity contribution in [3.8, 4) is 11.5 Å². The summed E-state index contributed by atoms with van der Waals surface area (Å²) in [5.74, 6) is 1.46. The van der Waals surface area contributed by atoms with Crippen molar-refractivity contribution in [1.29, 1.82) is 0 Å². The van der Waals surface area contributed by atoms with E-state index < -0.39 is 0 Å². The van der Waals surface area contributed by atoms with Crippen LogP contribution in [0.25, 0.3) is 0 Å². The molecule has 2 aromatic carbocycles. The van der Waals surface area contributed by atoms with E-state index in [9.17, 15) is 0 Å². The Kier molecular flexibility index (Phi) is 6.50. The fourth-order valence-corrected chi connectivity index (χ4v) is 2.62. The third kappa shape index (κ3) is 5.09. The smallest absolute Gasteiger partial charge is 0.165 e. The van der Waals surface area contributed by atoms with Crippen molar-refractivity contribution < 1.29 is 18.9 Å². The molecule has 3 rings (SSSR count). The Hall–Kier alpha value is -2.28. The summed E-state index contributed by atoms with van der Waals surface area (Å²) in [6.45, 7) is 2.40. The molecule has 0 unspecified atom stereocenters. The van der Waals surface area contributed by atoms with E-state index in [1.54, 1.807) is 7.11 Å². The summed E-state index contributed by atoms with van der Waals surface area (Å²) in [6.07, 6.45) is 0.517. The third-order valence-electron chi connectivity index (χ3n) is 3.86. The first kappa shape index (κ1) is 17.5. The number of nitrogens with one attached hydrogen (secondary N) is 2. The molecule has 25 heavy (non-hydrogen) atoms. The minimum Gasteiger partial charge on any atom is -0.493 e. The van der Waals surface area contributed by atoms with Crippen LogP contribution in [0.15, 0.2) is 48.5 Å². The summed E-state index contributed by atoms with van der Waals surface area (Å²) >= 11 is 0. The van der Waals surface area contributed by atoms with Crippen LogP contribution in [-0.2, 0) is 16.0 Å². The molecule has 2 aromatic rings. The van der Waals surface area contributed by atoms with E-state index in [1.165, 1.54) is 0 Å². The number of ether oxygens (including phenoxy) is 4. The molecule has 134 valence electrons. The molecule has 0 bridgehead atoms. The van der Waals surface area contributed by atoms with Gasteiger partial charge >= 0.3 is 0 Å². The maximum absolute atomic E-state index is 5.97. The first-order valence-electron chi connectivity index (χ1n) is 8.42. The second-order valence-corrected chi connectivity index (χ2v) is 5.60. The summed E-state index contributed by atoms with van der Waals surface area (Å²) in [5.41, 5.74) is 8.39. The summed E-state index contributed by atoms with van der Waals surface area (Å²) < 4.78 is 22.3. The van der Waals surface area contributed by atoms with Crippen LogP contribution in [0.5, 0.6) is 11.5 Å². The van der Waals surface area contributed by atoms with Gasteiger partial charge in [-0.05, 0) is 18.2 Å². The van der Waals surface area contributed by atoms with Crippen molar-refractivity contribution in [3.63, 3.8) is 0 Å². The molecule has 0 aromatic heterocycles. The van der Waals surface area contributed by atoms with Crippen LogP contribution in [0.1, 0.15) is 12.0 Å². The first-order valence-corrected chi connectivity index (χ1v) is 8.42. The summed E-state index contributed by atoms with van der Waals surface area (Å²) in [6, 6.07) is 15.8. The van der Waals surface area contributed by atoms with Crippen molar-refractivity contribution in [3.05, 3.63) is 54.1 Å². The van der Waals surface area contributed by atoms with Crippen LogP contribution in [0, 0.1) is 0 Å². The van der Waals surface area contributed by atoms with E-state index in [1.807, 2.05) is 48.5 Å². The minimum absolute atomic E-state index is 0.170. The van der Waals surface area contributed by atoms with Gasteiger partial charge in [-0.3, -0.25) is 0 Å². The molecule has 1 aliphatic heterocycles. The Labute approximate surface area is 148 Å². The maximum atomic E-state index is 5.97. The molecule has 0 atom stereocenters. The van der Waals surface area contributed by atoms with Gasteiger partial charge in [-0.15, -0.1) is 0 Å². The lowest BCUT2D eigenvalue weighted by atomic mass is 10.2. The van der Waals surface area contributed by atoms with Gasteiger partial charge in [-0.1, -0.05) is 30.3 Å². The van der Waals surface area contributed by atoms with Gasteiger partial charge < -0.3 is 24.4 Å². The van der Waals surface area contributed by atoms with Crippen molar-refractivity contribution in [1.82, 2.24) is 5.43 Å². The number of hydrogen-bond acceptors (Lipinski definition) is 6. The topological polar surface area (TPSA) is 61.0 Å². The van der Waals surface area contributed by atoms with E-state index >= 15 is 0 Å². The maximum Gasteiger partial charge on any atom is 0.165 e. The number of anilines is 1. The highest BCUT2D eigenvalue weighted by Crippen LogP contribution is 2.31. The SMILES string of the molecule is COc1cccc(CNNc2ccccc2)c1OCCC1OCCO1. The van der Waals surface area contributed by atoms with E-state index in [-0.39, 0.29) is 6.29 Å². The average molecular weight is 344 g/mol. The molecule has 2 N–H and O–H groups in total. The molecule has 1 saturated heterocycles. The molecular weight excluding hydrogens is 320 g/mol. The largest absolute Gasteiger partial charge is 0.493 e. The van der Waals surface area contributed by atoms with Gasteiger partial charge in [0.15, 0.2) is 17.8 Å². The zero-order chi connectivity index (χ0) is 17.3. The molecule has 0 amide bonds. The Morgan fingerprint density at radius 1 is 1.04 bits per heavy atom. The fourth-order valence-electron chi connectivity index (χ4n) is 2.62. The molecule has 1 fully saturated rings. The lowest BCUT2D eigenvalue weighted by Crippen LogP contribution is -2.21. The van der Waals surface area contributed by atoms with Gasteiger partial charge in [0.2, 0.25) is 0 Å². The fraction of sp³-hybridized carbons (Fsp3) is 0.368. The molecule has 6 heteroatoms. The van der Waals surface area contributed by atoms with Gasteiger partial charge in [-0.25, -0.2) is 5.43 Å². The molecule has 0 radical (unpaired) electrons. The molecule has 1 aliphatic rings. The number of methoxy groups -OCH3 is 1. The lowest BCUT2D eigenvalue weighted by Gasteiger charge is -2.17. The van der Waals surface area contributed by atoms with E-state index in [2.05, 4.69) is 10.9 Å². The highest BCUT2D eigenvalue weighted by Gasteiger charge is 2.17. The number of hydrazine groups is 1. The molecule has 0 spiro atoms. The summed E-state index contributed by atoms with van der Waals surface area (Å²) in [5, 5.41) is 0. The zero-order valence-corrected chi connectivity index (χ0v) is 14.4. The molecular formula is C19H24N2O4. The average Bonchev–Trinajstić information content (AvgIpc) is 3.17. The number of para-hydroxylation sites is 2. The van der Waals surface area contributed by atoms with Crippen LogP contribution in [0.2, 0.25) is 0 Å². The Morgan fingerprint density at radius 2 is 1.84 bits per heavy atom. The van der Waals surface area contributed by atoms with Crippen molar-refractivity contribution in [2.75, 3.05) is 32.4 Å². The molecule has 0 aliphatic carbocycles. The lowest BCUT2D eigenvalue weighted by molar-refractivity contribution is -0.0533. The second kappa shape index (κ2) is 9.27. The Balaban J connectivity index is 1.57. The van der Waals surface area contributed by atoms with Gasteiger partial charge in [0.25, 0.3) is 0 Å². The van der Waals surface area contributed by atoms with Gasteiger partial charge in [-0.2, -0.15) is 0 Å². The summed E-state index contributed by atoms with van der Waals surface area (Å²) in [7, 11) is 1.64. The Morgan fingerprint density at radius 3 is 2.60 bits per heavy atom. The van der Waals surface area contributed by atoms with Crippen LogP contribution < -0.4 is 20.3 Å². The van der Waals surface area contributed by atoms with Gasteiger partial charge in [0.1, 0.15) is 0 Å². The first-order chi connectivity index (χ1) is 12.4. The molecule has 0 saturated carbocycles.